The molecule has 2 amide bonds. The van der Waals surface area contributed by atoms with Gasteiger partial charge in [-0.3, -0.25) is 9.59 Å². The Labute approximate surface area is 161 Å². The fourth-order valence-corrected chi connectivity index (χ4v) is 5.35. The van der Waals surface area contributed by atoms with E-state index in [9.17, 15) is 9.59 Å². The van der Waals surface area contributed by atoms with Gasteiger partial charge >= 0.3 is 0 Å². The lowest BCUT2D eigenvalue weighted by Gasteiger charge is -2.32. The second-order valence-corrected chi connectivity index (χ2v) is 8.48. The van der Waals surface area contributed by atoms with Crippen molar-refractivity contribution in [3.8, 4) is 0 Å². The van der Waals surface area contributed by atoms with E-state index < -0.39 is 0 Å². The maximum absolute atomic E-state index is 13.1. The van der Waals surface area contributed by atoms with Crippen LogP contribution >= 0.6 is 0 Å². The molecule has 2 bridgehead atoms. The number of carbonyl (C=O) groups excluding carboxylic acids is 2. The minimum Gasteiger partial charge on any atom is -0.341 e. The van der Waals surface area contributed by atoms with E-state index in [0.717, 1.165) is 38.8 Å². The van der Waals surface area contributed by atoms with Gasteiger partial charge < -0.3 is 15.5 Å². The fraction of sp³-hybridized carbons (Fsp3) is 0.636. The Hall–Kier alpha value is -1.88. The third-order valence-electron chi connectivity index (χ3n) is 6.90. The second kappa shape index (κ2) is 8.01. The summed E-state index contributed by atoms with van der Waals surface area (Å²) in [6.07, 6.45) is 5.66. The number of nitrogens with two attached hydrogens (primary N) is 1. The summed E-state index contributed by atoms with van der Waals surface area (Å²) in [6, 6.07) is 10.2. The molecule has 2 aliphatic carbocycles. The molecule has 4 rings (SSSR count). The van der Waals surface area contributed by atoms with E-state index in [4.69, 9.17) is 5.73 Å². The molecule has 1 saturated heterocycles. The molecule has 0 aromatic heterocycles. The first-order valence-electron chi connectivity index (χ1n) is 10.5. The Morgan fingerprint density at radius 3 is 2.41 bits per heavy atom. The van der Waals surface area contributed by atoms with Gasteiger partial charge in [-0.2, -0.15) is 0 Å². The molecule has 3 aliphatic rings. The van der Waals surface area contributed by atoms with Crippen molar-refractivity contribution in [2.75, 3.05) is 26.2 Å². The highest BCUT2D eigenvalue weighted by Crippen LogP contribution is 2.48. The highest BCUT2D eigenvalue weighted by atomic mass is 16.2. The van der Waals surface area contributed by atoms with Crippen LogP contribution in [0.5, 0.6) is 0 Å². The first kappa shape index (κ1) is 18.5. The molecule has 0 spiro atoms. The minimum absolute atomic E-state index is 0.0177. The van der Waals surface area contributed by atoms with Crippen molar-refractivity contribution in [2.45, 2.75) is 44.6 Å². The zero-order valence-electron chi connectivity index (χ0n) is 16.1. The topological polar surface area (TPSA) is 66.6 Å². The van der Waals surface area contributed by atoms with Crippen LogP contribution in [0.1, 0.15) is 37.7 Å². The molecule has 1 heterocycles. The van der Waals surface area contributed by atoms with Gasteiger partial charge in [-0.05, 0) is 49.5 Å². The average molecular weight is 370 g/mol. The molecule has 3 fully saturated rings. The number of rotatable bonds is 4. The summed E-state index contributed by atoms with van der Waals surface area (Å²) >= 11 is 0. The van der Waals surface area contributed by atoms with Crippen molar-refractivity contribution in [1.29, 1.82) is 0 Å². The van der Waals surface area contributed by atoms with Crippen molar-refractivity contribution in [3.05, 3.63) is 35.9 Å². The Balaban J connectivity index is 1.30. The number of aryl methyl sites for hydroxylation is 1. The van der Waals surface area contributed by atoms with E-state index in [1.54, 1.807) is 0 Å². The first-order chi connectivity index (χ1) is 13.1. The molecule has 1 aliphatic heterocycles. The van der Waals surface area contributed by atoms with Gasteiger partial charge in [0.15, 0.2) is 0 Å². The van der Waals surface area contributed by atoms with Crippen molar-refractivity contribution in [2.24, 2.45) is 23.5 Å². The van der Waals surface area contributed by atoms with E-state index in [1.807, 2.05) is 28.0 Å². The molecular weight excluding hydrogens is 338 g/mol. The van der Waals surface area contributed by atoms with Crippen molar-refractivity contribution in [1.82, 2.24) is 9.80 Å². The quantitative estimate of drug-likeness (QED) is 0.883. The maximum atomic E-state index is 13.1. The van der Waals surface area contributed by atoms with Gasteiger partial charge in [0.25, 0.3) is 0 Å². The first-order valence-corrected chi connectivity index (χ1v) is 10.5. The van der Waals surface area contributed by atoms with Crippen LogP contribution < -0.4 is 5.73 Å². The number of hydrogen-bond donors (Lipinski definition) is 1. The largest absolute Gasteiger partial charge is 0.341 e. The summed E-state index contributed by atoms with van der Waals surface area (Å²) in [6.45, 7) is 2.80. The van der Waals surface area contributed by atoms with Crippen LogP contribution in [-0.2, 0) is 16.0 Å². The van der Waals surface area contributed by atoms with Gasteiger partial charge in [-0.1, -0.05) is 30.3 Å². The van der Waals surface area contributed by atoms with Gasteiger partial charge in [-0.25, -0.2) is 0 Å². The fourth-order valence-electron chi connectivity index (χ4n) is 5.35. The van der Waals surface area contributed by atoms with E-state index in [-0.39, 0.29) is 23.8 Å². The highest BCUT2D eigenvalue weighted by molar-refractivity contribution is 5.81. The Morgan fingerprint density at radius 1 is 0.963 bits per heavy atom. The third-order valence-corrected chi connectivity index (χ3v) is 6.90. The maximum Gasteiger partial charge on any atom is 0.227 e. The summed E-state index contributed by atoms with van der Waals surface area (Å²) in [7, 11) is 0. The van der Waals surface area contributed by atoms with E-state index in [2.05, 4.69) is 12.1 Å². The Kier molecular flexibility index (Phi) is 5.48. The van der Waals surface area contributed by atoms with Crippen molar-refractivity contribution >= 4 is 11.8 Å². The van der Waals surface area contributed by atoms with Gasteiger partial charge in [0, 0.05) is 38.6 Å². The zero-order valence-corrected chi connectivity index (χ0v) is 16.1. The monoisotopic (exact) mass is 369 g/mol. The van der Waals surface area contributed by atoms with Crippen LogP contribution in [0.3, 0.4) is 0 Å². The van der Waals surface area contributed by atoms with Crippen molar-refractivity contribution < 1.29 is 9.59 Å². The summed E-state index contributed by atoms with van der Waals surface area (Å²) in [5.74, 6) is 1.50. The highest BCUT2D eigenvalue weighted by Gasteiger charge is 2.50. The van der Waals surface area contributed by atoms with Crippen LogP contribution in [0.25, 0.3) is 0 Å². The molecule has 4 atom stereocenters. The third kappa shape index (κ3) is 3.88. The standard InChI is InChI=1S/C22H31N3O2/c23-21-18-9-8-17(15-18)20(21)22(27)25-12-4-11-24(13-14-25)19(26)10-7-16-5-2-1-3-6-16/h1-3,5-6,17-18,20-21H,4,7-15,23H2. The SMILES string of the molecule is NC1C2CCC(C2)C1C(=O)N1CCCN(C(=O)CCc2ccccc2)CC1. The molecule has 27 heavy (non-hydrogen) atoms. The Morgan fingerprint density at radius 2 is 1.67 bits per heavy atom. The van der Waals surface area contributed by atoms with E-state index >= 15 is 0 Å². The molecule has 146 valence electrons. The van der Waals surface area contributed by atoms with Gasteiger partial charge in [0.1, 0.15) is 0 Å². The number of hydrogen-bond acceptors (Lipinski definition) is 3. The molecule has 4 unspecified atom stereocenters. The summed E-state index contributed by atoms with van der Waals surface area (Å²) < 4.78 is 0. The molecule has 5 nitrogen and oxygen atoms in total. The van der Waals surface area contributed by atoms with Crippen LogP contribution in [0.2, 0.25) is 0 Å². The van der Waals surface area contributed by atoms with Crippen LogP contribution in [0, 0.1) is 17.8 Å². The lowest BCUT2D eigenvalue weighted by molar-refractivity contribution is -0.138. The number of amides is 2. The van der Waals surface area contributed by atoms with Crippen LogP contribution in [0.15, 0.2) is 30.3 Å². The van der Waals surface area contributed by atoms with Gasteiger partial charge in [0.2, 0.25) is 11.8 Å². The molecule has 1 aromatic carbocycles. The molecule has 2 N–H and O–H groups in total. The predicted octanol–water partition coefficient (Wildman–Crippen LogP) is 2.05. The van der Waals surface area contributed by atoms with Gasteiger partial charge in [0.05, 0.1) is 5.92 Å². The lowest BCUT2D eigenvalue weighted by atomic mass is 9.84. The summed E-state index contributed by atoms with van der Waals surface area (Å²) in [4.78, 5) is 29.6. The number of fused-ring (bicyclic) bond motifs is 2. The Bertz CT molecular complexity index is 675. The molecule has 2 saturated carbocycles. The van der Waals surface area contributed by atoms with Gasteiger partial charge in [-0.15, -0.1) is 0 Å². The van der Waals surface area contributed by atoms with E-state index in [1.165, 1.54) is 12.0 Å². The number of benzene rings is 1. The summed E-state index contributed by atoms with van der Waals surface area (Å²) in [5.41, 5.74) is 7.57. The summed E-state index contributed by atoms with van der Waals surface area (Å²) in [5, 5.41) is 0. The average Bonchev–Trinajstić information content (AvgIpc) is 3.18. The van der Waals surface area contributed by atoms with Crippen LogP contribution in [0.4, 0.5) is 0 Å². The van der Waals surface area contributed by atoms with Crippen molar-refractivity contribution in [3.63, 3.8) is 0 Å². The number of carbonyl (C=O) groups is 2. The second-order valence-electron chi connectivity index (χ2n) is 8.48. The molecule has 0 radical (unpaired) electrons. The normalized spacial score (nSPS) is 30.4. The smallest absolute Gasteiger partial charge is 0.227 e. The predicted molar refractivity (Wildman–Crippen MR) is 105 cm³/mol. The van der Waals surface area contributed by atoms with E-state index in [0.29, 0.717) is 31.3 Å². The number of nitrogens with zero attached hydrogens (tertiary/aromatic N) is 2. The van der Waals surface area contributed by atoms with Crippen LogP contribution in [-0.4, -0.2) is 53.8 Å². The molecule has 1 aromatic rings. The lowest BCUT2D eigenvalue weighted by Crippen LogP contribution is -2.48. The minimum atomic E-state index is 0.0177. The molecule has 5 heteroatoms. The zero-order chi connectivity index (χ0) is 18.8. The molecular formula is C22H31N3O2.